The summed E-state index contributed by atoms with van der Waals surface area (Å²) in [5.41, 5.74) is 1.15. The summed E-state index contributed by atoms with van der Waals surface area (Å²) in [7, 11) is 0. The zero-order valence-electron chi connectivity index (χ0n) is 10.7. The van der Waals surface area contributed by atoms with Crippen LogP contribution in [0.1, 0.15) is 39.3 Å². The zero-order valence-corrected chi connectivity index (χ0v) is 15.5. The lowest BCUT2D eigenvalue weighted by molar-refractivity contribution is 0.605. The van der Waals surface area contributed by atoms with Crippen LogP contribution in [0, 0.1) is 13.8 Å². The molecular weight excluding hydrogens is 408 g/mol. The summed E-state index contributed by atoms with van der Waals surface area (Å²) in [6.07, 6.45) is 2.57. The second-order valence-electron chi connectivity index (χ2n) is 4.84. The minimum Gasteiger partial charge on any atom is -0.301 e. The molecule has 2 aromatic heterocycles. The molecule has 2 heterocycles. The van der Waals surface area contributed by atoms with E-state index in [1.807, 2.05) is 0 Å². The van der Waals surface area contributed by atoms with Crippen LogP contribution in [0.15, 0.2) is 14.3 Å². The molecule has 0 saturated heterocycles. The standard InChI is InChI=1S/C13H14Br2N2S2/c1-6-7(2)18-13(16-6)11(17-8-3-4-8)10-5-9(14)12(15)19-10/h5,8,11,17H,3-4H2,1-2H3. The van der Waals surface area contributed by atoms with Gasteiger partial charge in [0.15, 0.2) is 0 Å². The first-order valence-corrected chi connectivity index (χ1v) is 9.41. The van der Waals surface area contributed by atoms with Gasteiger partial charge in [-0.15, -0.1) is 22.7 Å². The van der Waals surface area contributed by atoms with Crippen LogP contribution < -0.4 is 5.32 Å². The van der Waals surface area contributed by atoms with Gasteiger partial charge in [0.25, 0.3) is 0 Å². The largest absolute Gasteiger partial charge is 0.301 e. The fraction of sp³-hybridized carbons (Fsp3) is 0.462. The predicted molar refractivity (Wildman–Crippen MR) is 89.3 cm³/mol. The molecule has 0 bridgehead atoms. The highest BCUT2D eigenvalue weighted by Gasteiger charge is 2.29. The lowest BCUT2D eigenvalue weighted by Gasteiger charge is -2.14. The molecule has 1 fully saturated rings. The Kier molecular flexibility index (Phi) is 4.16. The van der Waals surface area contributed by atoms with E-state index in [0.717, 1.165) is 14.0 Å². The summed E-state index contributed by atoms with van der Waals surface area (Å²) < 4.78 is 2.27. The van der Waals surface area contributed by atoms with Gasteiger partial charge in [-0.05, 0) is 64.6 Å². The van der Waals surface area contributed by atoms with Gasteiger partial charge in [0.2, 0.25) is 0 Å². The van der Waals surface area contributed by atoms with Crippen LogP contribution in [-0.4, -0.2) is 11.0 Å². The first kappa shape index (κ1) is 14.2. The van der Waals surface area contributed by atoms with Crippen LogP contribution in [0.25, 0.3) is 0 Å². The summed E-state index contributed by atoms with van der Waals surface area (Å²) >= 11 is 10.7. The van der Waals surface area contributed by atoms with Gasteiger partial charge in [0.05, 0.1) is 15.5 Å². The first-order chi connectivity index (χ1) is 9.04. The molecule has 1 atom stereocenters. The van der Waals surface area contributed by atoms with E-state index in [9.17, 15) is 0 Å². The zero-order chi connectivity index (χ0) is 13.6. The number of hydrogen-bond donors (Lipinski definition) is 1. The third kappa shape index (κ3) is 3.13. The van der Waals surface area contributed by atoms with Crippen molar-refractivity contribution in [3.63, 3.8) is 0 Å². The van der Waals surface area contributed by atoms with Crippen LogP contribution in [-0.2, 0) is 0 Å². The molecule has 0 aliphatic heterocycles. The molecule has 0 amide bonds. The molecule has 1 aliphatic carbocycles. The Morgan fingerprint density at radius 1 is 1.32 bits per heavy atom. The molecule has 1 aliphatic rings. The van der Waals surface area contributed by atoms with Gasteiger partial charge in [-0.3, -0.25) is 0 Å². The molecule has 2 nitrogen and oxygen atoms in total. The average molecular weight is 422 g/mol. The fourth-order valence-corrected chi connectivity index (χ4v) is 5.12. The van der Waals surface area contributed by atoms with Gasteiger partial charge in [-0.1, -0.05) is 0 Å². The molecule has 1 saturated carbocycles. The maximum atomic E-state index is 4.74. The Morgan fingerprint density at radius 3 is 2.53 bits per heavy atom. The first-order valence-electron chi connectivity index (χ1n) is 6.19. The Balaban J connectivity index is 1.96. The van der Waals surface area contributed by atoms with Crippen molar-refractivity contribution < 1.29 is 0 Å². The average Bonchev–Trinajstić information content (AvgIpc) is 3.04. The van der Waals surface area contributed by atoms with Crippen LogP contribution in [0.2, 0.25) is 0 Å². The highest BCUT2D eigenvalue weighted by molar-refractivity contribution is 9.13. The van der Waals surface area contributed by atoms with Crippen molar-refractivity contribution >= 4 is 54.5 Å². The van der Waals surface area contributed by atoms with Gasteiger partial charge in [-0.2, -0.15) is 0 Å². The third-order valence-electron chi connectivity index (χ3n) is 3.22. The number of halogens is 2. The highest BCUT2D eigenvalue weighted by atomic mass is 79.9. The smallest absolute Gasteiger partial charge is 0.115 e. The maximum Gasteiger partial charge on any atom is 0.115 e. The third-order valence-corrected chi connectivity index (χ3v) is 7.68. The van der Waals surface area contributed by atoms with Gasteiger partial charge < -0.3 is 5.32 Å². The van der Waals surface area contributed by atoms with Gasteiger partial charge in [-0.25, -0.2) is 4.98 Å². The number of hydrogen-bond acceptors (Lipinski definition) is 4. The van der Waals surface area contributed by atoms with E-state index in [-0.39, 0.29) is 6.04 Å². The fourth-order valence-electron chi connectivity index (χ4n) is 1.89. The number of rotatable bonds is 4. The number of aryl methyl sites for hydroxylation is 2. The number of thiazole rings is 1. The van der Waals surface area contributed by atoms with Gasteiger partial charge >= 0.3 is 0 Å². The number of nitrogens with zero attached hydrogens (tertiary/aromatic N) is 1. The second-order valence-corrected chi connectivity index (χ2v) is 9.33. The normalized spacial score (nSPS) is 16.8. The van der Waals surface area contributed by atoms with Crippen LogP contribution in [0.3, 0.4) is 0 Å². The SMILES string of the molecule is Cc1nc(C(NC2CC2)c2cc(Br)c(Br)s2)sc1C. The lowest BCUT2D eigenvalue weighted by atomic mass is 10.2. The molecule has 1 unspecified atom stereocenters. The molecule has 102 valence electrons. The highest BCUT2D eigenvalue weighted by Crippen LogP contribution is 2.40. The topological polar surface area (TPSA) is 24.9 Å². The van der Waals surface area contributed by atoms with Crippen molar-refractivity contribution in [3.05, 3.63) is 34.8 Å². The van der Waals surface area contributed by atoms with Crippen molar-refractivity contribution in [1.82, 2.24) is 10.3 Å². The molecule has 2 aromatic rings. The lowest BCUT2D eigenvalue weighted by Crippen LogP contribution is -2.23. The van der Waals surface area contributed by atoms with E-state index < -0.39 is 0 Å². The van der Waals surface area contributed by atoms with Crippen molar-refractivity contribution in [2.75, 3.05) is 0 Å². The van der Waals surface area contributed by atoms with Crippen LogP contribution in [0.5, 0.6) is 0 Å². The minimum absolute atomic E-state index is 0.234. The molecular formula is C13H14Br2N2S2. The van der Waals surface area contributed by atoms with Crippen molar-refractivity contribution in [1.29, 1.82) is 0 Å². The van der Waals surface area contributed by atoms with Gasteiger partial charge in [0.1, 0.15) is 5.01 Å². The minimum atomic E-state index is 0.234. The van der Waals surface area contributed by atoms with Crippen LogP contribution >= 0.6 is 54.5 Å². The van der Waals surface area contributed by atoms with E-state index in [2.05, 4.69) is 57.1 Å². The van der Waals surface area contributed by atoms with E-state index in [4.69, 9.17) is 4.98 Å². The molecule has 0 radical (unpaired) electrons. The van der Waals surface area contributed by atoms with E-state index in [1.54, 1.807) is 22.7 Å². The molecule has 1 N–H and O–H groups in total. The number of thiophene rings is 1. The molecule has 19 heavy (non-hydrogen) atoms. The van der Waals surface area contributed by atoms with E-state index >= 15 is 0 Å². The predicted octanol–water partition coefficient (Wildman–Crippen LogP) is 5.19. The Bertz CT molecular complexity index is 517. The molecule has 0 spiro atoms. The van der Waals surface area contributed by atoms with Crippen molar-refractivity contribution in [3.8, 4) is 0 Å². The molecule has 0 aromatic carbocycles. The van der Waals surface area contributed by atoms with Crippen LogP contribution in [0.4, 0.5) is 0 Å². The summed E-state index contributed by atoms with van der Waals surface area (Å²) in [5.74, 6) is 0. The summed E-state index contributed by atoms with van der Waals surface area (Å²) in [4.78, 5) is 7.37. The number of nitrogens with one attached hydrogen (secondary N) is 1. The summed E-state index contributed by atoms with van der Waals surface area (Å²) in [5, 5.41) is 4.90. The van der Waals surface area contributed by atoms with Crippen molar-refractivity contribution in [2.24, 2.45) is 0 Å². The monoisotopic (exact) mass is 420 g/mol. The molecule has 3 rings (SSSR count). The Morgan fingerprint density at radius 2 is 2.05 bits per heavy atom. The molecule has 6 heteroatoms. The maximum absolute atomic E-state index is 4.74. The quantitative estimate of drug-likeness (QED) is 0.734. The van der Waals surface area contributed by atoms with E-state index in [1.165, 1.54) is 27.6 Å². The second kappa shape index (κ2) is 5.56. The Labute approximate surface area is 137 Å². The van der Waals surface area contributed by atoms with E-state index in [0.29, 0.717) is 6.04 Å². The Hall–Kier alpha value is 0.250. The summed E-state index contributed by atoms with van der Waals surface area (Å²) in [6, 6.07) is 3.09. The number of aromatic nitrogens is 1. The van der Waals surface area contributed by atoms with Gasteiger partial charge in [0, 0.05) is 20.3 Å². The summed E-state index contributed by atoms with van der Waals surface area (Å²) in [6.45, 7) is 4.23. The van der Waals surface area contributed by atoms with Crippen molar-refractivity contribution in [2.45, 2.75) is 38.8 Å².